The summed E-state index contributed by atoms with van der Waals surface area (Å²) in [5.41, 5.74) is 2.94. The SMILES string of the molecule is Cc1cc(C)c2c(N3CCN(C)CC3)c(C#N)c(=O)oc2c1. The first-order valence-electron chi connectivity index (χ1n) is 7.43. The van der Waals surface area contributed by atoms with Gasteiger partial charge in [0.05, 0.1) is 5.69 Å². The highest BCUT2D eigenvalue weighted by Gasteiger charge is 2.24. The second kappa shape index (κ2) is 5.47. The van der Waals surface area contributed by atoms with Gasteiger partial charge in [-0.05, 0) is 38.1 Å². The van der Waals surface area contributed by atoms with Crippen LogP contribution >= 0.6 is 0 Å². The molecule has 5 nitrogen and oxygen atoms in total. The van der Waals surface area contributed by atoms with Crippen LogP contribution in [0.3, 0.4) is 0 Å². The van der Waals surface area contributed by atoms with Gasteiger partial charge in [-0.15, -0.1) is 0 Å². The third kappa shape index (κ3) is 2.36. The van der Waals surface area contributed by atoms with Crippen LogP contribution in [0.15, 0.2) is 21.3 Å². The third-order valence-corrected chi connectivity index (χ3v) is 4.26. The molecule has 22 heavy (non-hydrogen) atoms. The Labute approximate surface area is 129 Å². The van der Waals surface area contributed by atoms with E-state index in [0.717, 1.165) is 48.4 Å². The minimum atomic E-state index is -0.547. The number of aryl methyl sites for hydroxylation is 2. The summed E-state index contributed by atoms with van der Waals surface area (Å²) in [6.45, 7) is 7.40. The van der Waals surface area contributed by atoms with Crippen LogP contribution in [0.2, 0.25) is 0 Å². The molecule has 0 saturated carbocycles. The van der Waals surface area contributed by atoms with E-state index in [1.54, 1.807) is 0 Å². The molecule has 2 heterocycles. The molecule has 1 aromatic heterocycles. The Bertz CT molecular complexity index is 824. The molecule has 0 N–H and O–H groups in total. The van der Waals surface area contributed by atoms with Gasteiger partial charge in [0.1, 0.15) is 11.7 Å². The number of benzene rings is 1. The maximum atomic E-state index is 12.2. The van der Waals surface area contributed by atoms with Crippen molar-refractivity contribution in [1.29, 1.82) is 5.26 Å². The molecule has 0 atom stereocenters. The Morgan fingerprint density at radius 3 is 2.50 bits per heavy atom. The van der Waals surface area contributed by atoms with Crippen molar-refractivity contribution in [2.24, 2.45) is 0 Å². The van der Waals surface area contributed by atoms with Gasteiger partial charge in [-0.25, -0.2) is 4.79 Å². The smallest absolute Gasteiger partial charge is 0.356 e. The molecular formula is C17H19N3O2. The average Bonchev–Trinajstić information content (AvgIpc) is 2.46. The predicted octanol–water partition coefficient (Wildman–Crippen LogP) is 2.03. The average molecular weight is 297 g/mol. The summed E-state index contributed by atoms with van der Waals surface area (Å²) in [4.78, 5) is 16.6. The summed E-state index contributed by atoms with van der Waals surface area (Å²) in [5.74, 6) is 0. The predicted molar refractivity (Wildman–Crippen MR) is 86.4 cm³/mol. The molecule has 3 rings (SSSR count). The molecule has 2 aromatic rings. The number of hydrogen-bond acceptors (Lipinski definition) is 5. The quantitative estimate of drug-likeness (QED) is 0.754. The summed E-state index contributed by atoms with van der Waals surface area (Å²) >= 11 is 0. The zero-order chi connectivity index (χ0) is 15.9. The summed E-state index contributed by atoms with van der Waals surface area (Å²) < 4.78 is 5.38. The van der Waals surface area contributed by atoms with Crippen molar-refractivity contribution in [2.45, 2.75) is 13.8 Å². The summed E-state index contributed by atoms with van der Waals surface area (Å²) in [5, 5.41) is 10.3. The normalized spacial score (nSPS) is 16.0. The van der Waals surface area contributed by atoms with Crippen molar-refractivity contribution < 1.29 is 4.42 Å². The van der Waals surface area contributed by atoms with Crippen LogP contribution in [0.4, 0.5) is 5.69 Å². The summed E-state index contributed by atoms with van der Waals surface area (Å²) in [6, 6.07) is 5.97. The molecule has 1 saturated heterocycles. The van der Waals surface area contributed by atoms with Crippen LogP contribution in [-0.4, -0.2) is 38.1 Å². The Balaban J connectivity index is 2.30. The van der Waals surface area contributed by atoms with Crippen molar-refractivity contribution in [3.05, 3.63) is 39.2 Å². The topological polar surface area (TPSA) is 60.5 Å². The molecule has 1 aromatic carbocycles. The molecule has 1 aliphatic rings. The van der Waals surface area contributed by atoms with Gasteiger partial charge < -0.3 is 14.2 Å². The van der Waals surface area contributed by atoms with Crippen molar-refractivity contribution in [3.63, 3.8) is 0 Å². The van der Waals surface area contributed by atoms with Crippen LogP contribution in [0.5, 0.6) is 0 Å². The van der Waals surface area contributed by atoms with E-state index in [0.29, 0.717) is 5.58 Å². The highest BCUT2D eigenvalue weighted by Crippen LogP contribution is 2.32. The number of anilines is 1. The van der Waals surface area contributed by atoms with E-state index in [1.807, 2.05) is 26.0 Å². The molecule has 1 aliphatic heterocycles. The summed E-state index contributed by atoms with van der Waals surface area (Å²) in [6.07, 6.45) is 0. The fraction of sp³-hybridized carbons (Fsp3) is 0.412. The zero-order valence-electron chi connectivity index (χ0n) is 13.1. The number of rotatable bonds is 1. The van der Waals surface area contributed by atoms with Gasteiger partial charge in [0.15, 0.2) is 5.56 Å². The first kappa shape index (κ1) is 14.6. The van der Waals surface area contributed by atoms with E-state index >= 15 is 0 Å². The molecule has 0 amide bonds. The van der Waals surface area contributed by atoms with Crippen molar-refractivity contribution in [3.8, 4) is 6.07 Å². The lowest BCUT2D eigenvalue weighted by atomic mass is 10.0. The molecule has 114 valence electrons. The van der Waals surface area contributed by atoms with Gasteiger partial charge in [-0.3, -0.25) is 0 Å². The van der Waals surface area contributed by atoms with Gasteiger partial charge in [-0.2, -0.15) is 5.26 Å². The van der Waals surface area contributed by atoms with E-state index in [4.69, 9.17) is 4.42 Å². The van der Waals surface area contributed by atoms with Gasteiger partial charge in [-0.1, -0.05) is 6.07 Å². The van der Waals surface area contributed by atoms with E-state index < -0.39 is 5.63 Å². The van der Waals surface area contributed by atoms with Crippen molar-refractivity contribution >= 4 is 16.7 Å². The third-order valence-electron chi connectivity index (χ3n) is 4.26. The molecule has 0 radical (unpaired) electrons. The van der Waals surface area contributed by atoms with E-state index in [9.17, 15) is 10.1 Å². The summed E-state index contributed by atoms with van der Waals surface area (Å²) in [7, 11) is 2.08. The molecular weight excluding hydrogens is 278 g/mol. The number of nitriles is 1. The lowest BCUT2D eigenvalue weighted by Gasteiger charge is -2.35. The van der Waals surface area contributed by atoms with Crippen LogP contribution in [-0.2, 0) is 0 Å². The number of hydrogen-bond donors (Lipinski definition) is 0. The van der Waals surface area contributed by atoms with Crippen molar-refractivity contribution in [2.75, 3.05) is 38.1 Å². The maximum Gasteiger partial charge on any atom is 0.356 e. The van der Waals surface area contributed by atoms with Crippen LogP contribution < -0.4 is 10.5 Å². The molecule has 0 unspecified atom stereocenters. The first-order valence-corrected chi connectivity index (χ1v) is 7.43. The van der Waals surface area contributed by atoms with Crippen molar-refractivity contribution in [1.82, 2.24) is 4.90 Å². The van der Waals surface area contributed by atoms with Gasteiger partial charge in [0.25, 0.3) is 0 Å². The molecule has 0 aliphatic carbocycles. The fourth-order valence-electron chi connectivity index (χ4n) is 3.13. The molecule has 1 fully saturated rings. The van der Waals surface area contributed by atoms with Gasteiger partial charge >= 0.3 is 5.63 Å². The number of nitrogens with zero attached hydrogens (tertiary/aromatic N) is 3. The highest BCUT2D eigenvalue weighted by molar-refractivity contribution is 5.96. The highest BCUT2D eigenvalue weighted by atomic mass is 16.4. The van der Waals surface area contributed by atoms with Crippen LogP contribution in [0.25, 0.3) is 11.0 Å². The minimum absolute atomic E-state index is 0.115. The van der Waals surface area contributed by atoms with Gasteiger partial charge in [0, 0.05) is 31.6 Å². The second-order valence-corrected chi connectivity index (χ2v) is 5.97. The first-order chi connectivity index (χ1) is 10.5. The van der Waals surface area contributed by atoms with Crippen LogP contribution in [0, 0.1) is 25.2 Å². The van der Waals surface area contributed by atoms with E-state index in [-0.39, 0.29) is 5.56 Å². The maximum absolute atomic E-state index is 12.2. The molecule has 0 bridgehead atoms. The number of fused-ring (bicyclic) bond motifs is 1. The lowest BCUT2D eigenvalue weighted by molar-refractivity contribution is 0.313. The monoisotopic (exact) mass is 297 g/mol. The van der Waals surface area contributed by atoms with E-state index in [1.165, 1.54) is 0 Å². The second-order valence-electron chi connectivity index (χ2n) is 5.97. The Morgan fingerprint density at radius 1 is 1.18 bits per heavy atom. The zero-order valence-corrected chi connectivity index (χ0v) is 13.1. The number of likely N-dealkylation sites (N-methyl/N-ethyl adjacent to an activating group) is 1. The lowest BCUT2D eigenvalue weighted by Crippen LogP contribution is -2.45. The molecule has 5 heteroatoms. The molecule has 0 spiro atoms. The van der Waals surface area contributed by atoms with Crippen LogP contribution in [0.1, 0.15) is 16.7 Å². The minimum Gasteiger partial charge on any atom is -0.422 e. The number of piperazine rings is 1. The van der Waals surface area contributed by atoms with E-state index in [2.05, 4.69) is 22.9 Å². The largest absolute Gasteiger partial charge is 0.422 e. The standard InChI is InChI=1S/C17H19N3O2/c1-11-8-12(2)15-14(9-11)22-17(21)13(10-18)16(15)20-6-4-19(3)5-7-20/h8-9H,4-7H2,1-3H3. The fourth-order valence-corrected chi connectivity index (χ4v) is 3.13. The Hall–Kier alpha value is -2.32. The van der Waals surface area contributed by atoms with Gasteiger partial charge in [0.2, 0.25) is 0 Å². The Morgan fingerprint density at radius 2 is 1.86 bits per heavy atom. The Kier molecular flexibility index (Phi) is 3.63.